The van der Waals surface area contributed by atoms with Gasteiger partial charge in [-0.05, 0) is 18.9 Å². The number of pyridine rings is 1. The quantitative estimate of drug-likeness (QED) is 0.579. The van der Waals surface area contributed by atoms with Crippen molar-refractivity contribution in [3.8, 4) is 11.8 Å². The lowest BCUT2D eigenvalue weighted by molar-refractivity contribution is 0.0951. The van der Waals surface area contributed by atoms with Gasteiger partial charge in [-0.2, -0.15) is 0 Å². The van der Waals surface area contributed by atoms with Crippen LogP contribution in [0.1, 0.15) is 28.8 Å². The highest BCUT2D eigenvalue weighted by molar-refractivity contribution is 5.96. The van der Waals surface area contributed by atoms with Gasteiger partial charge in [-0.1, -0.05) is 11.8 Å². The first-order valence-electron chi connectivity index (χ1n) is 6.19. The van der Waals surface area contributed by atoms with Crippen LogP contribution in [0.15, 0.2) is 18.5 Å². The number of hydrogen-bond acceptors (Lipinski definition) is 4. The van der Waals surface area contributed by atoms with Gasteiger partial charge >= 0.3 is 0 Å². The monoisotopic (exact) mass is 261 g/mol. The van der Waals surface area contributed by atoms with Crippen molar-refractivity contribution in [2.75, 3.05) is 26.8 Å². The summed E-state index contributed by atoms with van der Waals surface area (Å²) in [6, 6.07) is 1.66. The van der Waals surface area contributed by atoms with E-state index < -0.39 is 0 Å². The van der Waals surface area contributed by atoms with Gasteiger partial charge in [-0.25, -0.2) is 0 Å². The van der Waals surface area contributed by atoms with Crippen molar-refractivity contribution in [3.05, 3.63) is 29.6 Å². The molecule has 0 aliphatic heterocycles. The van der Waals surface area contributed by atoms with Crippen LogP contribution < -0.4 is 11.1 Å². The molecule has 0 atom stereocenters. The maximum atomic E-state index is 12.0. The van der Waals surface area contributed by atoms with Gasteiger partial charge in [-0.3, -0.25) is 9.78 Å². The number of methoxy groups -OCH3 is 1. The number of nitrogens with one attached hydrogen (secondary N) is 1. The van der Waals surface area contributed by atoms with E-state index in [4.69, 9.17) is 10.5 Å². The molecule has 3 N–H and O–H groups in total. The molecule has 1 rings (SSSR count). The number of aromatic nitrogens is 1. The van der Waals surface area contributed by atoms with Crippen LogP contribution in [-0.2, 0) is 4.74 Å². The van der Waals surface area contributed by atoms with E-state index in [0.29, 0.717) is 24.3 Å². The van der Waals surface area contributed by atoms with E-state index in [1.165, 1.54) is 0 Å². The van der Waals surface area contributed by atoms with Gasteiger partial charge in [0.1, 0.15) is 0 Å². The predicted molar refractivity (Wildman–Crippen MR) is 73.6 cm³/mol. The molecule has 19 heavy (non-hydrogen) atoms. The van der Waals surface area contributed by atoms with Gasteiger partial charge in [0.15, 0.2) is 0 Å². The summed E-state index contributed by atoms with van der Waals surface area (Å²) in [4.78, 5) is 16.0. The molecule has 1 heterocycles. The standard InChI is InChI=1S/C14H19N3O2/c1-19-10-3-2-8-17-14(18)13-6-9-16-11-12(13)5-4-7-15/h6,9,11H,2-3,7-8,10,15H2,1H3,(H,17,18). The molecule has 0 fully saturated rings. The number of hydrogen-bond donors (Lipinski definition) is 2. The molecule has 0 aromatic carbocycles. The number of unbranched alkanes of at least 4 members (excludes halogenated alkanes) is 1. The molecule has 0 spiro atoms. The first-order valence-corrected chi connectivity index (χ1v) is 6.19. The Morgan fingerprint density at radius 3 is 3.11 bits per heavy atom. The van der Waals surface area contributed by atoms with Crippen molar-refractivity contribution in [2.24, 2.45) is 5.73 Å². The zero-order chi connectivity index (χ0) is 13.9. The van der Waals surface area contributed by atoms with Crippen molar-refractivity contribution >= 4 is 5.91 Å². The first kappa shape index (κ1) is 15.2. The molecule has 0 unspecified atom stereocenters. The highest BCUT2D eigenvalue weighted by Crippen LogP contribution is 2.05. The molecule has 1 aromatic heterocycles. The minimum atomic E-state index is -0.138. The summed E-state index contributed by atoms with van der Waals surface area (Å²) < 4.78 is 4.95. The van der Waals surface area contributed by atoms with Gasteiger partial charge in [0.05, 0.1) is 17.7 Å². The fourth-order valence-electron chi connectivity index (χ4n) is 1.51. The Morgan fingerprint density at radius 2 is 2.37 bits per heavy atom. The minimum absolute atomic E-state index is 0.138. The SMILES string of the molecule is COCCCCNC(=O)c1ccncc1C#CCN. The Labute approximate surface area is 113 Å². The smallest absolute Gasteiger partial charge is 0.252 e. The third kappa shape index (κ3) is 5.51. The molecule has 1 aromatic rings. The normalized spacial score (nSPS) is 9.58. The highest BCUT2D eigenvalue weighted by atomic mass is 16.5. The fraction of sp³-hybridized carbons (Fsp3) is 0.429. The molecular weight excluding hydrogens is 242 g/mol. The molecule has 0 aliphatic rings. The summed E-state index contributed by atoms with van der Waals surface area (Å²) in [6.45, 7) is 1.58. The molecule has 0 aliphatic carbocycles. The zero-order valence-electron chi connectivity index (χ0n) is 11.1. The fourth-order valence-corrected chi connectivity index (χ4v) is 1.51. The minimum Gasteiger partial charge on any atom is -0.385 e. The summed E-state index contributed by atoms with van der Waals surface area (Å²) in [5, 5.41) is 2.85. The number of carbonyl (C=O) groups excluding carboxylic acids is 1. The van der Waals surface area contributed by atoms with Gasteiger partial charge in [0, 0.05) is 32.7 Å². The summed E-state index contributed by atoms with van der Waals surface area (Å²) in [5.41, 5.74) is 6.45. The number of nitrogens with two attached hydrogens (primary N) is 1. The Bertz CT molecular complexity index is 463. The molecule has 5 heteroatoms. The maximum Gasteiger partial charge on any atom is 0.252 e. The van der Waals surface area contributed by atoms with Gasteiger partial charge in [0.25, 0.3) is 5.91 Å². The van der Waals surface area contributed by atoms with Crippen molar-refractivity contribution in [3.63, 3.8) is 0 Å². The van der Waals surface area contributed by atoms with Gasteiger partial charge in [0.2, 0.25) is 0 Å². The average molecular weight is 261 g/mol. The van der Waals surface area contributed by atoms with Crippen LogP contribution >= 0.6 is 0 Å². The molecule has 0 bridgehead atoms. The van der Waals surface area contributed by atoms with Crippen molar-refractivity contribution in [2.45, 2.75) is 12.8 Å². The highest BCUT2D eigenvalue weighted by Gasteiger charge is 2.08. The maximum absolute atomic E-state index is 12.0. The molecule has 102 valence electrons. The Balaban J connectivity index is 2.56. The third-order valence-corrected chi connectivity index (χ3v) is 2.45. The number of amides is 1. The first-order chi connectivity index (χ1) is 9.29. The predicted octanol–water partition coefficient (Wildman–Crippen LogP) is 0.548. The lowest BCUT2D eigenvalue weighted by Gasteiger charge is -2.06. The van der Waals surface area contributed by atoms with Crippen LogP contribution in [0.2, 0.25) is 0 Å². The van der Waals surface area contributed by atoms with Crippen LogP contribution in [0.5, 0.6) is 0 Å². The van der Waals surface area contributed by atoms with E-state index in [9.17, 15) is 4.79 Å². The molecule has 1 amide bonds. The summed E-state index contributed by atoms with van der Waals surface area (Å²) in [5.74, 6) is 5.43. The van der Waals surface area contributed by atoms with Crippen LogP contribution in [0, 0.1) is 11.8 Å². The van der Waals surface area contributed by atoms with Crippen LogP contribution in [0.4, 0.5) is 0 Å². The van der Waals surface area contributed by atoms with Crippen LogP contribution in [0.25, 0.3) is 0 Å². The van der Waals surface area contributed by atoms with Crippen LogP contribution in [0.3, 0.4) is 0 Å². The van der Waals surface area contributed by atoms with Crippen molar-refractivity contribution < 1.29 is 9.53 Å². The molecule has 5 nitrogen and oxygen atoms in total. The zero-order valence-corrected chi connectivity index (χ0v) is 11.1. The second-order valence-electron chi connectivity index (χ2n) is 3.88. The Kier molecular flexibility index (Phi) is 7.25. The van der Waals surface area contributed by atoms with E-state index in [1.54, 1.807) is 25.6 Å². The summed E-state index contributed by atoms with van der Waals surface area (Å²) in [7, 11) is 1.66. The number of carbonyl (C=O) groups is 1. The molecule has 0 saturated carbocycles. The summed E-state index contributed by atoms with van der Waals surface area (Å²) >= 11 is 0. The van der Waals surface area contributed by atoms with E-state index >= 15 is 0 Å². The Morgan fingerprint density at radius 1 is 1.53 bits per heavy atom. The number of nitrogens with zero attached hydrogens (tertiary/aromatic N) is 1. The second kappa shape index (κ2) is 9.09. The number of rotatable bonds is 6. The van der Waals surface area contributed by atoms with Gasteiger partial charge < -0.3 is 15.8 Å². The lowest BCUT2D eigenvalue weighted by Crippen LogP contribution is -2.25. The largest absolute Gasteiger partial charge is 0.385 e. The second-order valence-corrected chi connectivity index (χ2v) is 3.88. The van der Waals surface area contributed by atoms with E-state index in [2.05, 4.69) is 22.1 Å². The van der Waals surface area contributed by atoms with Crippen LogP contribution in [-0.4, -0.2) is 37.7 Å². The molecule has 0 radical (unpaired) electrons. The van der Waals surface area contributed by atoms with E-state index in [-0.39, 0.29) is 12.5 Å². The average Bonchev–Trinajstić information content (AvgIpc) is 2.45. The molecular formula is C14H19N3O2. The Hall–Kier alpha value is -1.90. The number of ether oxygens (including phenoxy) is 1. The van der Waals surface area contributed by atoms with E-state index in [0.717, 1.165) is 12.8 Å². The van der Waals surface area contributed by atoms with Crippen molar-refractivity contribution in [1.82, 2.24) is 10.3 Å². The van der Waals surface area contributed by atoms with Gasteiger partial charge in [-0.15, -0.1) is 0 Å². The third-order valence-electron chi connectivity index (χ3n) is 2.45. The molecule has 0 saturated heterocycles. The van der Waals surface area contributed by atoms with Crippen molar-refractivity contribution in [1.29, 1.82) is 0 Å². The van der Waals surface area contributed by atoms with E-state index in [1.807, 2.05) is 0 Å². The summed E-state index contributed by atoms with van der Waals surface area (Å²) in [6.07, 6.45) is 4.96. The lowest BCUT2D eigenvalue weighted by atomic mass is 10.1. The topological polar surface area (TPSA) is 77.2 Å².